The Labute approximate surface area is 268 Å². The summed E-state index contributed by atoms with van der Waals surface area (Å²) >= 11 is 0. The van der Waals surface area contributed by atoms with Gasteiger partial charge in [-0.25, -0.2) is 37.0 Å². The van der Waals surface area contributed by atoms with Crippen LogP contribution < -0.4 is 10.2 Å². The zero-order chi connectivity index (χ0) is 33.9. The van der Waals surface area contributed by atoms with E-state index in [9.17, 15) is 27.5 Å². The van der Waals surface area contributed by atoms with Gasteiger partial charge in [-0.2, -0.15) is 5.10 Å². The minimum Gasteiger partial charge on any atom is -0.480 e. The third kappa shape index (κ3) is 8.15. The first kappa shape index (κ1) is 34.3. The van der Waals surface area contributed by atoms with Crippen molar-refractivity contribution < 1.29 is 32.2 Å². The van der Waals surface area contributed by atoms with Crippen LogP contribution in [0.3, 0.4) is 0 Å². The summed E-state index contributed by atoms with van der Waals surface area (Å²) < 4.78 is 49.1. The quantitative estimate of drug-likeness (QED) is 0.200. The van der Waals surface area contributed by atoms with Gasteiger partial charge in [0, 0.05) is 18.9 Å². The Hall–Kier alpha value is -4.62. The zero-order valence-corrected chi connectivity index (χ0v) is 27.3. The highest BCUT2D eigenvalue weighted by molar-refractivity contribution is 7.91. The number of aromatic nitrogens is 3. The van der Waals surface area contributed by atoms with E-state index in [1.807, 2.05) is 24.3 Å². The molecule has 0 aliphatic heterocycles. The normalized spacial score (nSPS) is 13.5. The molecule has 2 aromatic heterocycles. The van der Waals surface area contributed by atoms with E-state index in [-0.39, 0.29) is 23.0 Å². The number of ether oxygens (including phenoxy) is 1. The molecule has 0 saturated carbocycles. The highest BCUT2D eigenvalue weighted by Gasteiger charge is 2.43. The van der Waals surface area contributed by atoms with Gasteiger partial charge in [0.05, 0.1) is 16.3 Å². The molecular formula is C33H38FN5O6S. The van der Waals surface area contributed by atoms with Crippen LogP contribution in [0.5, 0.6) is 0 Å². The first-order valence-corrected chi connectivity index (χ1v) is 16.1. The van der Waals surface area contributed by atoms with Crippen molar-refractivity contribution in [2.24, 2.45) is 5.41 Å². The number of aliphatic carboxylic acids is 1. The number of sulfone groups is 1. The van der Waals surface area contributed by atoms with Crippen LogP contribution >= 0.6 is 0 Å². The summed E-state index contributed by atoms with van der Waals surface area (Å²) in [5.41, 5.74) is -0.382. The molecule has 244 valence electrons. The van der Waals surface area contributed by atoms with E-state index in [4.69, 9.17) is 4.74 Å². The summed E-state index contributed by atoms with van der Waals surface area (Å²) in [6.07, 6.45) is 2.50. The lowest BCUT2D eigenvalue weighted by molar-refractivity contribution is -0.141. The van der Waals surface area contributed by atoms with Crippen LogP contribution in [0.25, 0.3) is 5.69 Å². The van der Waals surface area contributed by atoms with Gasteiger partial charge in [0.15, 0.2) is 15.2 Å². The lowest BCUT2D eigenvalue weighted by Gasteiger charge is -2.37. The number of hydrogen-bond donors (Lipinski definition) is 2. The van der Waals surface area contributed by atoms with Gasteiger partial charge >= 0.3 is 12.1 Å². The van der Waals surface area contributed by atoms with Gasteiger partial charge in [0.2, 0.25) is 0 Å². The van der Waals surface area contributed by atoms with Crippen molar-refractivity contribution >= 4 is 27.7 Å². The van der Waals surface area contributed by atoms with Crippen molar-refractivity contribution in [1.82, 2.24) is 20.1 Å². The molecule has 0 aliphatic rings. The Morgan fingerprint density at radius 2 is 1.63 bits per heavy atom. The first-order valence-electron chi connectivity index (χ1n) is 14.5. The number of benzene rings is 2. The lowest BCUT2D eigenvalue weighted by atomic mass is 9.85. The molecule has 0 aliphatic carbocycles. The van der Waals surface area contributed by atoms with E-state index in [1.165, 1.54) is 18.2 Å². The Balaban J connectivity index is 1.78. The van der Waals surface area contributed by atoms with Gasteiger partial charge in [-0.3, -0.25) is 5.32 Å². The maximum Gasteiger partial charge on any atom is 0.416 e. The number of amides is 1. The van der Waals surface area contributed by atoms with Gasteiger partial charge in [-0.05, 0) is 86.3 Å². The summed E-state index contributed by atoms with van der Waals surface area (Å²) in [6.45, 7) is 10.0. The number of nitrogens with zero attached hydrogens (tertiary/aromatic N) is 4. The molecule has 2 heterocycles. The molecule has 0 bridgehead atoms. The van der Waals surface area contributed by atoms with Crippen molar-refractivity contribution in [2.45, 2.75) is 70.0 Å². The van der Waals surface area contributed by atoms with Gasteiger partial charge in [-0.15, -0.1) is 0 Å². The molecule has 0 fully saturated rings. The third-order valence-corrected chi connectivity index (χ3v) is 8.78. The van der Waals surface area contributed by atoms with Crippen LogP contribution in [-0.2, 0) is 25.9 Å². The topological polar surface area (TPSA) is 144 Å². The van der Waals surface area contributed by atoms with Crippen molar-refractivity contribution in [1.29, 1.82) is 0 Å². The maximum absolute atomic E-state index is 14.0. The Kier molecular flexibility index (Phi) is 9.97. The number of nitrogens with one attached hydrogen (secondary N) is 1. The van der Waals surface area contributed by atoms with Crippen LogP contribution in [0.1, 0.15) is 58.2 Å². The van der Waals surface area contributed by atoms with Crippen molar-refractivity contribution in [3.8, 4) is 5.69 Å². The van der Waals surface area contributed by atoms with E-state index in [0.717, 1.165) is 40.4 Å². The van der Waals surface area contributed by atoms with E-state index in [1.54, 1.807) is 64.7 Å². The summed E-state index contributed by atoms with van der Waals surface area (Å²) in [5.74, 6) is -2.01. The number of halogens is 1. The number of carboxylic acids is 1. The summed E-state index contributed by atoms with van der Waals surface area (Å²) in [5, 5.41) is 16.0. The fourth-order valence-electron chi connectivity index (χ4n) is 4.76. The predicted molar refractivity (Wildman–Crippen MR) is 171 cm³/mol. The number of carboxylic acid groups (broad SMARTS) is 1. The second-order valence-electron chi connectivity index (χ2n) is 12.8. The minimum atomic E-state index is -4.25. The van der Waals surface area contributed by atoms with Crippen LogP contribution in [-0.4, -0.2) is 52.0 Å². The number of carbonyl (C=O) groups excluding carboxylic acids is 1. The Bertz CT molecular complexity index is 1760. The Morgan fingerprint density at radius 1 is 0.978 bits per heavy atom. The van der Waals surface area contributed by atoms with E-state index < -0.39 is 50.1 Å². The average molecular weight is 652 g/mol. The second-order valence-corrected chi connectivity index (χ2v) is 14.8. The molecule has 2 N–H and O–H groups in total. The fraction of sp³-hybridized carbons (Fsp3) is 0.333. The summed E-state index contributed by atoms with van der Waals surface area (Å²) in [6, 6.07) is 16.5. The van der Waals surface area contributed by atoms with E-state index in [2.05, 4.69) is 15.4 Å². The molecular weight excluding hydrogens is 613 g/mol. The highest BCUT2D eigenvalue weighted by Crippen LogP contribution is 2.33. The van der Waals surface area contributed by atoms with Crippen LogP contribution in [0, 0.1) is 11.2 Å². The van der Waals surface area contributed by atoms with Crippen LogP contribution in [0.2, 0.25) is 0 Å². The lowest BCUT2D eigenvalue weighted by Crippen LogP contribution is -2.54. The number of rotatable bonds is 10. The molecule has 0 spiro atoms. The number of anilines is 1. The van der Waals surface area contributed by atoms with E-state index >= 15 is 0 Å². The average Bonchev–Trinajstić information content (AvgIpc) is 3.50. The molecule has 0 saturated heterocycles. The number of pyridine rings is 1. The van der Waals surface area contributed by atoms with Crippen LogP contribution in [0.4, 0.5) is 15.0 Å². The fourth-order valence-corrected chi connectivity index (χ4v) is 6.30. The van der Waals surface area contributed by atoms with Gasteiger partial charge in [0.25, 0.3) is 0 Å². The molecule has 2 unspecified atom stereocenters. The van der Waals surface area contributed by atoms with E-state index in [0.29, 0.717) is 0 Å². The molecule has 0 radical (unpaired) electrons. The minimum absolute atomic E-state index is 0.0124. The smallest absolute Gasteiger partial charge is 0.416 e. The predicted octanol–water partition coefficient (Wildman–Crippen LogP) is 5.91. The largest absolute Gasteiger partial charge is 0.480 e. The van der Waals surface area contributed by atoms with Gasteiger partial charge in [-0.1, -0.05) is 39.0 Å². The van der Waals surface area contributed by atoms with Crippen molar-refractivity contribution in [3.05, 3.63) is 102 Å². The summed E-state index contributed by atoms with van der Waals surface area (Å²) in [7, 11) is -4.25. The zero-order valence-electron chi connectivity index (χ0n) is 26.5. The Morgan fingerprint density at radius 3 is 2.17 bits per heavy atom. The molecule has 1 amide bonds. The molecule has 4 aromatic rings. The van der Waals surface area contributed by atoms with Crippen LogP contribution in [0.15, 0.2) is 90.1 Å². The van der Waals surface area contributed by atoms with Crippen molar-refractivity contribution in [3.63, 3.8) is 0 Å². The first-order chi connectivity index (χ1) is 21.5. The monoisotopic (exact) mass is 651 g/mol. The molecule has 13 heteroatoms. The highest BCUT2D eigenvalue weighted by atomic mass is 32.2. The number of carbonyl (C=O) groups is 2. The second kappa shape index (κ2) is 13.4. The van der Waals surface area contributed by atoms with Gasteiger partial charge < -0.3 is 9.84 Å². The maximum atomic E-state index is 14.0. The molecule has 4 rings (SSSR count). The molecule has 2 atom stereocenters. The molecule has 2 aromatic carbocycles. The SMILES string of the molecule is CC(C)(C)OC(=O)N(c1cccc(C(NCc2ccc(-n3cccn3)cc2)S(=O)(=O)c2ccc(F)cc2)n1)C(C(=O)O)C(C)(C)C. The molecule has 46 heavy (non-hydrogen) atoms. The summed E-state index contributed by atoms with van der Waals surface area (Å²) in [4.78, 5) is 31.4. The standard InChI is InChI=1S/C33H38FN5O6S/c1-32(2,3)28(30(40)41)39(31(42)45-33(4,5)6)27-10-7-9-26(37-27)29(46(43,44)25-17-13-23(34)14-18-25)35-21-22-11-15-24(16-12-22)38-20-8-19-36-38/h7-20,28-29,35H,21H2,1-6H3,(H,40,41). The van der Waals surface area contributed by atoms with Gasteiger partial charge in [0.1, 0.15) is 23.3 Å². The number of hydrogen-bond acceptors (Lipinski definition) is 8. The third-order valence-electron chi connectivity index (χ3n) is 6.82. The van der Waals surface area contributed by atoms with Crippen molar-refractivity contribution in [2.75, 3.05) is 4.90 Å². The molecule has 11 nitrogen and oxygen atoms in total.